The van der Waals surface area contributed by atoms with Crippen LogP contribution in [0.15, 0.2) is 82.6 Å². The molecule has 0 radical (unpaired) electrons. The van der Waals surface area contributed by atoms with Crippen LogP contribution < -0.4 is 0 Å². The van der Waals surface area contributed by atoms with Crippen molar-refractivity contribution in [3.8, 4) is 5.75 Å². The summed E-state index contributed by atoms with van der Waals surface area (Å²) in [6, 6.07) is 21.4. The van der Waals surface area contributed by atoms with Gasteiger partial charge in [-0.2, -0.15) is 0 Å². The van der Waals surface area contributed by atoms with Crippen LogP contribution in [-0.4, -0.2) is 13.5 Å². The fraction of sp³-hybridized carbons (Fsp3) is 0.100. The summed E-state index contributed by atoms with van der Waals surface area (Å²) in [7, 11) is -3.73. The van der Waals surface area contributed by atoms with Gasteiger partial charge in [0.1, 0.15) is 10.6 Å². The monoisotopic (exact) mass is 338 g/mol. The number of phenols is 1. The second kappa shape index (κ2) is 6.49. The van der Waals surface area contributed by atoms with Gasteiger partial charge in [0, 0.05) is 0 Å². The van der Waals surface area contributed by atoms with Gasteiger partial charge in [0.15, 0.2) is 0 Å². The van der Waals surface area contributed by atoms with Crippen LogP contribution >= 0.6 is 0 Å². The normalized spacial score (nSPS) is 11.4. The zero-order valence-electron chi connectivity index (χ0n) is 13.3. The minimum absolute atomic E-state index is 0.0571. The number of phenolic OH excluding ortho intramolecular Hbond substituents is 1. The highest BCUT2D eigenvalue weighted by atomic mass is 32.2. The van der Waals surface area contributed by atoms with Crippen molar-refractivity contribution in [2.24, 2.45) is 0 Å². The molecule has 0 atom stereocenters. The van der Waals surface area contributed by atoms with Crippen LogP contribution in [0.5, 0.6) is 5.75 Å². The Kier molecular flexibility index (Phi) is 4.40. The van der Waals surface area contributed by atoms with Crippen molar-refractivity contribution in [3.63, 3.8) is 0 Å². The van der Waals surface area contributed by atoms with E-state index in [-0.39, 0.29) is 15.5 Å². The molecule has 3 nitrogen and oxygen atoms in total. The first-order valence-electron chi connectivity index (χ1n) is 7.64. The lowest BCUT2D eigenvalue weighted by molar-refractivity contribution is 0.458. The van der Waals surface area contributed by atoms with Gasteiger partial charge in [-0.3, -0.25) is 0 Å². The Morgan fingerprint density at radius 2 is 1.46 bits per heavy atom. The zero-order valence-corrected chi connectivity index (χ0v) is 14.1. The summed E-state index contributed by atoms with van der Waals surface area (Å²) in [5, 5.41) is 9.90. The maximum atomic E-state index is 12.7. The van der Waals surface area contributed by atoms with E-state index >= 15 is 0 Å². The molecule has 24 heavy (non-hydrogen) atoms. The minimum Gasteiger partial charge on any atom is -0.507 e. The Labute approximate surface area is 142 Å². The molecule has 0 amide bonds. The van der Waals surface area contributed by atoms with Crippen LogP contribution in [0.2, 0.25) is 0 Å². The molecular weight excluding hydrogens is 320 g/mol. The van der Waals surface area contributed by atoms with Crippen molar-refractivity contribution >= 4 is 9.84 Å². The average molecular weight is 338 g/mol. The predicted molar refractivity (Wildman–Crippen MR) is 94.0 cm³/mol. The Morgan fingerprint density at radius 3 is 2.12 bits per heavy atom. The number of sulfone groups is 1. The van der Waals surface area contributed by atoms with Crippen LogP contribution in [0.25, 0.3) is 0 Å². The molecule has 0 saturated carbocycles. The van der Waals surface area contributed by atoms with Crippen LogP contribution in [-0.2, 0) is 16.3 Å². The Bertz CT molecular complexity index is 944. The van der Waals surface area contributed by atoms with Crippen molar-refractivity contribution in [2.45, 2.75) is 23.1 Å². The second-order valence-electron chi connectivity index (χ2n) is 5.78. The van der Waals surface area contributed by atoms with Gasteiger partial charge < -0.3 is 5.11 Å². The van der Waals surface area contributed by atoms with Crippen LogP contribution in [0.3, 0.4) is 0 Å². The van der Waals surface area contributed by atoms with Crippen molar-refractivity contribution in [1.82, 2.24) is 0 Å². The number of hydrogen-bond donors (Lipinski definition) is 1. The number of rotatable bonds is 4. The number of aryl methyl sites for hydroxylation is 1. The van der Waals surface area contributed by atoms with E-state index in [4.69, 9.17) is 0 Å². The summed E-state index contributed by atoms with van der Waals surface area (Å²) in [6.45, 7) is 1.79. The molecule has 122 valence electrons. The Morgan fingerprint density at radius 1 is 0.833 bits per heavy atom. The topological polar surface area (TPSA) is 54.4 Å². The number of hydrogen-bond acceptors (Lipinski definition) is 3. The molecule has 0 spiro atoms. The SMILES string of the molecule is Cc1ccc(O)c(S(=O)(=O)c2ccc(Cc3ccccc3)cc2)c1. The molecule has 0 heterocycles. The molecule has 1 N–H and O–H groups in total. The summed E-state index contributed by atoms with van der Waals surface area (Å²) < 4.78 is 25.4. The van der Waals surface area contributed by atoms with E-state index in [2.05, 4.69) is 0 Å². The quantitative estimate of drug-likeness (QED) is 0.778. The zero-order chi connectivity index (χ0) is 17.2. The summed E-state index contributed by atoms with van der Waals surface area (Å²) in [5.74, 6) is -0.228. The van der Waals surface area contributed by atoms with Crippen LogP contribution in [0.4, 0.5) is 0 Å². The lowest BCUT2D eigenvalue weighted by Gasteiger charge is -2.09. The van der Waals surface area contributed by atoms with Gasteiger partial charge in [-0.25, -0.2) is 8.42 Å². The Hall–Kier alpha value is -2.59. The highest BCUT2D eigenvalue weighted by Crippen LogP contribution is 2.29. The molecule has 0 aliphatic heterocycles. The average Bonchev–Trinajstić information content (AvgIpc) is 2.58. The van der Waals surface area contributed by atoms with Gasteiger partial charge >= 0.3 is 0 Å². The fourth-order valence-corrected chi connectivity index (χ4v) is 4.01. The lowest BCUT2D eigenvalue weighted by Crippen LogP contribution is -2.03. The van der Waals surface area contributed by atoms with E-state index in [9.17, 15) is 13.5 Å². The maximum absolute atomic E-state index is 12.7. The molecular formula is C20H18O3S. The molecule has 0 fully saturated rings. The third kappa shape index (κ3) is 3.34. The fourth-order valence-electron chi connectivity index (χ4n) is 2.58. The predicted octanol–water partition coefficient (Wildman–Crippen LogP) is 4.12. The molecule has 3 aromatic rings. The van der Waals surface area contributed by atoms with E-state index in [1.54, 1.807) is 25.1 Å². The van der Waals surface area contributed by atoms with Gasteiger partial charge in [-0.1, -0.05) is 48.5 Å². The standard InChI is InChI=1S/C20H18O3S/c1-15-7-12-19(21)20(13-15)24(22,23)18-10-8-17(9-11-18)14-16-5-3-2-4-6-16/h2-13,21H,14H2,1H3. The van der Waals surface area contributed by atoms with Crippen molar-refractivity contribution in [2.75, 3.05) is 0 Å². The molecule has 0 bridgehead atoms. The molecule has 0 saturated heterocycles. The van der Waals surface area contributed by atoms with Crippen molar-refractivity contribution in [3.05, 3.63) is 89.5 Å². The van der Waals surface area contributed by atoms with Gasteiger partial charge in [-0.05, 0) is 54.3 Å². The van der Waals surface area contributed by atoms with Gasteiger partial charge in [0.05, 0.1) is 4.90 Å². The molecule has 3 rings (SSSR count). The highest BCUT2D eigenvalue weighted by Gasteiger charge is 2.21. The summed E-state index contributed by atoms with van der Waals surface area (Å²) in [6.07, 6.45) is 0.747. The van der Waals surface area contributed by atoms with Gasteiger partial charge in [0.2, 0.25) is 9.84 Å². The van der Waals surface area contributed by atoms with E-state index in [0.29, 0.717) is 0 Å². The first-order valence-corrected chi connectivity index (χ1v) is 9.13. The van der Waals surface area contributed by atoms with Gasteiger partial charge in [0.25, 0.3) is 0 Å². The maximum Gasteiger partial charge on any atom is 0.210 e. The van der Waals surface area contributed by atoms with E-state index in [1.165, 1.54) is 17.7 Å². The molecule has 0 aromatic heterocycles. The lowest BCUT2D eigenvalue weighted by atomic mass is 10.1. The largest absolute Gasteiger partial charge is 0.507 e. The number of aromatic hydroxyl groups is 1. The first-order chi connectivity index (χ1) is 11.5. The summed E-state index contributed by atoms with van der Waals surface area (Å²) in [4.78, 5) is 0.124. The molecule has 0 aliphatic carbocycles. The molecule has 4 heteroatoms. The third-order valence-corrected chi connectivity index (χ3v) is 5.69. The smallest absolute Gasteiger partial charge is 0.210 e. The van der Waals surface area contributed by atoms with E-state index < -0.39 is 9.84 Å². The van der Waals surface area contributed by atoms with Crippen molar-refractivity contribution < 1.29 is 13.5 Å². The number of benzene rings is 3. The Balaban J connectivity index is 1.91. The summed E-state index contributed by atoms with van der Waals surface area (Å²) >= 11 is 0. The van der Waals surface area contributed by atoms with Gasteiger partial charge in [-0.15, -0.1) is 0 Å². The first kappa shape index (κ1) is 16.3. The van der Waals surface area contributed by atoms with Crippen LogP contribution in [0, 0.1) is 6.92 Å². The second-order valence-corrected chi connectivity index (χ2v) is 7.70. The van der Waals surface area contributed by atoms with E-state index in [0.717, 1.165) is 17.5 Å². The van der Waals surface area contributed by atoms with Crippen LogP contribution in [0.1, 0.15) is 16.7 Å². The minimum atomic E-state index is -3.73. The summed E-state index contributed by atoms with van der Waals surface area (Å²) in [5.41, 5.74) is 2.99. The molecule has 3 aromatic carbocycles. The molecule has 0 aliphatic rings. The third-order valence-electron chi connectivity index (χ3n) is 3.89. The molecule has 0 unspecified atom stereocenters. The van der Waals surface area contributed by atoms with Crippen molar-refractivity contribution in [1.29, 1.82) is 0 Å². The van der Waals surface area contributed by atoms with E-state index in [1.807, 2.05) is 42.5 Å². The highest BCUT2D eigenvalue weighted by molar-refractivity contribution is 7.91.